The molecule has 0 unspecified atom stereocenters. The minimum Gasteiger partial charge on any atom is -0.367 e. The summed E-state index contributed by atoms with van der Waals surface area (Å²) in [4.78, 5) is 24.1. The summed E-state index contributed by atoms with van der Waals surface area (Å²) in [6, 6.07) is 14.7. The van der Waals surface area contributed by atoms with Crippen LogP contribution in [0.3, 0.4) is 0 Å². The molecule has 27 heavy (non-hydrogen) atoms. The molecule has 0 atom stereocenters. The maximum absolute atomic E-state index is 12.2. The molecule has 6 nitrogen and oxygen atoms in total. The Bertz CT molecular complexity index is 921. The van der Waals surface area contributed by atoms with Crippen molar-refractivity contribution >= 4 is 39.3 Å². The van der Waals surface area contributed by atoms with Crippen molar-refractivity contribution < 1.29 is 9.59 Å². The highest BCUT2D eigenvalue weighted by molar-refractivity contribution is 7.13. The number of carbonyl (C=O) groups is 2. The van der Waals surface area contributed by atoms with Crippen molar-refractivity contribution in [2.45, 2.75) is 13.3 Å². The van der Waals surface area contributed by atoms with Gasteiger partial charge in [-0.25, -0.2) is 0 Å². The monoisotopic (exact) mass is 382 g/mol. The van der Waals surface area contributed by atoms with Crippen LogP contribution in [0.25, 0.3) is 10.1 Å². The highest BCUT2D eigenvalue weighted by atomic mass is 32.1. The van der Waals surface area contributed by atoms with Gasteiger partial charge in [0.05, 0.1) is 4.70 Å². The zero-order chi connectivity index (χ0) is 19.1. The van der Waals surface area contributed by atoms with E-state index in [0.717, 1.165) is 22.3 Å². The number of carbonyl (C=O) groups excluding carboxylic acids is 2. The first kappa shape index (κ1) is 18.8. The third-order valence-electron chi connectivity index (χ3n) is 4.03. The van der Waals surface area contributed by atoms with Gasteiger partial charge in [-0.1, -0.05) is 19.1 Å². The lowest BCUT2D eigenvalue weighted by Gasteiger charge is -2.08. The molecule has 0 saturated heterocycles. The van der Waals surface area contributed by atoms with Crippen LogP contribution in [0.2, 0.25) is 0 Å². The second kappa shape index (κ2) is 9.14. The van der Waals surface area contributed by atoms with E-state index in [1.54, 1.807) is 24.3 Å². The Morgan fingerprint density at radius 3 is 2.19 bits per heavy atom. The van der Waals surface area contributed by atoms with Crippen LogP contribution in [0.4, 0.5) is 5.82 Å². The normalized spacial score (nSPS) is 10.6. The Morgan fingerprint density at radius 2 is 1.52 bits per heavy atom. The molecule has 7 heteroatoms. The van der Waals surface area contributed by atoms with Gasteiger partial charge in [-0.15, -0.1) is 0 Å². The minimum absolute atomic E-state index is 0.122. The zero-order valence-electron chi connectivity index (χ0n) is 15.1. The molecule has 2 aromatic carbocycles. The van der Waals surface area contributed by atoms with Crippen molar-refractivity contribution in [2.24, 2.45) is 0 Å². The molecule has 0 bridgehead atoms. The number of benzene rings is 2. The summed E-state index contributed by atoms with van der Waals surface area (Å²) in [6.45, 7) is 3.70. The fourth-order valence-corrected chi connectivity index (χ4v) is 3.34. The number of nitrogens with one attached hydrogen (secondary N) is 3. The van der Waals surface area contributed by atoms with Crippen LogP contribution in [-0.4, -0.2) is 35.8 Å². The Labute approximate surface area is 162 Å². The molecule has 1 aromatic heterocycles. The van der Waals surface area contributed by atoms with Gasteiger partial charge < -0.3 is 16.0 Å². The molecule has 0 saturated carbocycles. The second-order valence-electron chi connectivity index (χ2n) is 6.04. The molecule has 140 valence electrons. The van der Waals surface area contributed by atoms with E-state index in [1.165, 1.54) is 11.5 Å². The summed E-state index contributed by atoms with van der Waals surface area (Å²) >= 11 is 1.45. The second-order valence-corrected chi connectivity index (χ2v) is 6.85. The van der Waals surface area contributed by atoms with Gasteiger partial charge in [0.2, 0.25) is 0 Å². The Kier molecular flexibility index (Phi) is 6.38. The maximum atomic E-state index is 12.2. The molecular formula is C20H22N4O2S. The van der Waals surface area contributed by atoms with Gasteiger partial charge in [0.1, 0.15) is 5.82 Å². The summed E-state index contributed by atoms with van der Waals surface area (Å²) in [5.74, 6) is 0.552. The van der Waals surface area contributed by atoms with Crippen molar-refractivity contribution in [3.05, 3.63) is 59.7 Å². The van der Waals surface area contributed by atoms with Crippen LogP contribution in [-0.2, 0) is 0 Å². The number of aromatic nitrogens is 1. The molecule has 0 aliphatic carbocycles. The lowest BCUT2D eigenvalue weighted by atomic mass is 10.1. The van der Waals surface area contributed by atoms with Gasteiger partial charge in [-0.2, -0.15) is 4.37 Å². The van der Waals surface area contributed by atoms with Crippen molar-refractivity contribution in [2.75, 3.05) is 25.0 Å². The van der Waals surface area contributed by atoms with E-state index in [1.807, 2.05) is 31.2 Å². The number of rotatable bonds is 8. The first-order chi connectivity index (χ1) is 13.2. The van der Waals surface area contributed by atoms with Crippen LogP contribution >= 0.6 is 11.5 Å². The van der Waals surface area contributed by atoms with Crippen LogP contribution in [0.5, 0.6) is 0 Å². The van der Waals surface area contributed by atoms with E-state index in [-0.39, 0.29) is 11.8 Å². The average Bonchev–Trinajstić information content (AvgIpc) is 3.12. The standard InChI is InChI=1S/C20H22N4O2S/c1-2-11-22-19(25)14-7-9-15(10-8-14)20(26)23-13-12-21-18-16-5-3-4-6-17(16)27-24-18/h3-10H,2,11-13H2,1H3,(H,21,24)(H,22,25)(H,23,26). The third kappa shape index (κ3) is 4.83. The highest BCUT2D eigenvalue weighted by Gasteiger charge is 2.09. The lowest BCUT2D eigenvalue weighted by molar-refractivity contribution is 0.0942. The van der Waals surface area contributed by atoms with E-state index in [2.05, 4.69) is 20.3 Å². The Balaban J connectivity index is 1.47. The number of fused-ring (bicyclic) bond motifs is 1. The van der Waals surface area contributed by atoms with Crippen molar-refractivity contribution in [3.8, 4) is 0 Å². The van der Waals surface area contributed by atoms with Gasteiger partial charge in [-0.3, -0.25) is 9.59 Å². The summed E-state index contributed by atoms with van der Waals surface area (Å²) in [5.41, 5.74) is 1.08. The summed E-state index contributed by atoms with van der Waals surface area (Å²) < 4.78 is 5.53. The third-order valence-corrected chi connectivity index (χ3v) is 4.85. The van der Waals surface area contributed by atoms with Crippen LogP contribution in [0, 0.1) is 0 Å². The number of amides is 2. The molecule has 3 rings (SSSR count). The van der Waals surface area contributed by atoms with Gasteiger partial charge in [-0.05, 0) is 54.4 Å². The Morgan fingerprint density at radius 1 is 0.889 bits per heavy atom. The van der Waals surface area contributed by atoms with E-state index >= 15 is 0 Å². The average molecular weight is 382 g/mol. The predicted molar refractivity (Wildman–Crippen MR) is 110 cm³/mol. The van der Waals surface area contributed by atoms with E-state index in [9.17, 15) is 9.59 Å². The molecule has 3 N–H and O–H groups in total. The summed E-state index contributed by atoms with van der Waals surface area (Å²) in [6.07, 6.45) is 0.886. The van der Waals surface area contributed by atoms with Crippen LogP contribution in [0.1, 0.15) is 34.1 Å². The van der Waals surface area contributed by atoms with E-state index in [0.29, 0.717) is 30.8 Å². The van der Waals surface area contributed by atoms with Crippen molar-refractivity contribution in [1.29, 1.82) is 0 Å². The van der Waals surface area contributed by atoms with Crippen LogP contribution in [0.15, 0.2) is 48.5 Å². The number of hydrogen-bond donors (Lipinski definition) is 3. The summed E-state index contributed by atoms with van der Waals surface area (Å²) in [5, 5.41) is 10.0. The number of anilines is 1. The van der Waals surface area contributed by atoms with E-state index < -0.39 is 0 Å². The molecule has 0 aliphatic heterocycles. The Hall–Kier alpha value is -2.93. The topological polar surface area (TPSA) is 83.1 Å². The molecule has 3 aromatic rings. The molecule has 2 amide bonds. The van der Waals surface area contributed by atoms with Gasteiger partial charge in [0, 0.05) is 36.1 Å². The number of nitrogens with zero attached hydrogens (tertiary/aromatic N) is 1. The van der Waals surface area contributed by atoms with Gasteiger partial charge in [0.25, 0.3) is 11.8 Å². The molecule has 0 radical (unpaired) electrons. The molecule has 1 heterocycles. The zero-order valence-corrected chi connectivity index (χ0v) is 15.9. The largest absolute Gasteiger partial charge is 0.367 e. The number of hydrogen-bond acceptors (Lipinski definition) is 5. The van der Waals surface area contributed by atoms with Crippen molar-refractivity contribution in [3.63, 3.8) is 0 Å². The lowest BCUT2D eigenvalue weighted by Crippen LogP contribution is -2.29. The predicted octanol–water partition coefficient (Wildman–Crippen LogP) is 3.28. The molecular weight excluding hydrogens is 360 g/mol. The van der Waals surface area contributed by atoms with Gasteiger partial charge in [0.15, 0.2) is 0 Å². The quantitative estimate of drug-likeness (QED) is 0.522. The summed E-state index contributed by atoms with van der Waals surface area (Å²) in [7, 11) is 0. The minimum atomic E-state index is -0.166. The van der Waals surface area contributed by atoms with E-state index in [4.69, 9.17) is 0 Å². The molecule has 0 spiro atoms. The fourth-order valence-electron chi connectivity index (χ4n) is 2.59. The van der Waals surface area contributed by atoms with Crippen LogP contribution < -0.4 is 16.0 Å². The molecule has 0 aliphatic rings. The first-order valence-corrected chi connectivity index (χ1v) is 9.71. The molecule has 0 fully saturated rings. The highest BCUT2D eigenvalue weighted by Crippen LogP contribution is 2.25. The van der Waals surface area contributed by atoms with Crippen molar-refractivity contribution in [1.82, 2.24) is 15.0 Å². The van der Waals surface area contributed by atoms with Gasteiger partial charge >= 0.3 is 0 Å². The first-order valence-electron chi connectivity index (χ1n) is 8.94. The maximum Gasteiger partial charge on any atom is 0.251 e. The smallest absolute Gasteiger partial charge is 0.251 e. The SMILES string of the molecule is CCCNC(=O)c1ccc(C(=O)NCCNc2nsc3ccccc23)cc1. The fraction of sp³-hybridized carbons (Fsp3) is 0.250.